The predicted molar refractivity (Wildman–Crippen MR) is 91.1 cm³/mol. The molecule has 0 saturated carbocycles. The van der Waals surface area contributed by atoms with Crippen molar-refractivity contribution in [3.05, 3.63) is 29.6 Å². The lowest BCUT2D eigenvalue weighted by atomic mass is 9.80. The first kappa shape index (κ1) is 20.7. The number of alkyl halides is 3. The van der Waals surface area contributed by atoms with Crippen molar-refractivity contribution in [2.45, 2.75) is 76.1 Å². The highest BCUT2D eigenvalue weighted by molar-refractivity contribution is 5.69. The summed E-state index contributed by atoms with van der Waals surface area (Å²) in [5.41, 5.74) is -2.33. The molecule has 2 aliphatic rings. The molecule has 1 aromatic carbocycles. The maximum absolute atomic E-state index is 14.5. The Labute approximate surface area is 160 Å². The summed E-state index contributed by atoms with van der Waals surface area (Å²) in [4.78, 5) is 14.1. The largest absolute Gasteiger partial charge is 0.573 e. The molecule has 9 heteroatoms. The van der Waals surface area contributed by atoms with Crippen LogP contribution >= 0.6 is 0 Å². The van der Waals surface area contributed by atoms with Gasteiger partial charge in [-0.3, -0.25) is 0 Å². The van der Waals surface area contributed by atoms with Gasteiger partial charge in [-0.25, -0.2) is 9.18 Å². The summed E-state index contributed by atoms with van der Waals surface area (Å²) in [5, 5.41) is 11.1. The lowest BCUT2D eigenvalue weighted by molar-refractivity contribution is -0.274. The van der Waals surface area contributed by atoms with Crippen molar-refractivity contribution in [2.75, 3.05) is 0 Å². The monoisotopic (exact) mass is 405 g/mol. The molecule has 2 saturated heterocycles. The summed E-state index contributed by atoms with van der Waals surface area (Å²) in [5.74, 6) is -1.67. The van der Waals surface area contributed by atoms with Crippen LogP contribution in [0.15, 0.2) is 18.2 Å². The third-order valence-electron chi connectivity index (χ3n) is 5.05. The van der Waals surface area contributed by atoms with Gasteiger partial charge in [0.15, 0.2) is 0 Å². The molecule has 1 aromatic rings. The summed E-state index contributed by atoms with van der Waals surface area (Å²) in [6.45, 7) is 5.27. The van der Waals surface area contributed by atoms with E-state index in [-0.39, 0.29) is 30.5 Å². The van der Waals surface area contributed by atoms with E-state index in [1.54, 1.807) is 25.7 Å². The number of halogens is 4. The van der Waals surface area contributed by atoms with E-state index in [0.717, 1.165) is 12.1 Å². The summed E-state index contributed by atoms with van der Waals surface area (Å²) in [6.07, 6.45) is -3.95. The van der Waals surface area contributed by atoms with Crippen LogP contribution < -0.4 is 4.74 Å². The highest BCUT2D eigenvalue weighted by atomic mass is 19.4. The lowest BCUT2D eigenvalue weighted by Crippen LogP contribution is -2.53. The van der Waals surface area contributed by atoms with Crippen LogP contribution in [-0.2, 0) is 10.3 Å². The van der Waals surface area contributed by atoms with Gasteiger partial charge in [0.25, 0.3) is 0 Å². The molecule has 0 aliphatic carbocycles. The SMILES string of the molecule is CC(C)(C)OC(=O)N1C2CCC1CC(O)(c1ccc(OC(F)(F)F)cc1F)C2. The molecule has 2 fully saturated rings. The molecule has 2 unspecified atom stereocenters. The minimum absolute atomic E-state index is 0.0825. The van der Waals surface area contributed by atoms with Crippen LogP contribution in [0.1, 0.15) is 52.0 Å². The van der Waals surface area contributed by atoms with E-state index in [9.17, 15) is 27.5 Å². The molecule has 2 heterocycles. The number of amides is 1. The molecule has 1 amide bonds. The molecule has 3 rings (SSSR count). The molecule has 0 spiro atoms. The van der Waals surface area contributed by atoms with Gasteiger partial charge in [-0.05, 0) is 45.7 Å². The molecule has 0 radical (unpaired) electrons. The Balaban J connectivity index is 1.80. The number of aliphatic hydroxyl groups is 1. The fraction of sp³-hybridized carbons (Fsp3) is 0.632. The second-order valence-corrected chi connectivity index (χ2v) is 8.40. The molecule has 5 nitrogen and oxygen atoms in total. The van der Waals surface area contributed by atoms with E-state index >= 15 is 0 Å². The van der Waals surface area contributed by atoms with E-state index < -0.39 is 35.2 Å². The van der Waals surface area contributed by atoms with E-state index in [2.05, 4.69) is 4.74 Å². The Morgan fingerprint density at radius 2 is 1.75 bits per heavy atom. The van der Waals surface area contributed by atoms with Gasteiger partial charge in [-0.2, -0.15) is 0 Å². The first-order valence-corrected chi connectivity index (χ1v) is 9.07. The zero-order chi connectivity index (χ0) is 20.9. The van der Waals surface area contributed by atoms with Crippen LogP contribution in [0.3, 0.4) is 0 Å². The van der Waals surface area contributed by atoms with Gasteiger partial charge in [0, 0.05) is 36.6 Å². The second kappa shape index (κ2) is 6.79. The molecule has 156 valence electrons. The van der Waals surface area contributed by atoms with Crippen LogP contribution in [0.2, 0.25) is 0 Å². The fourth-order valence-electron chi connectivity index (χ4n) is 4.13. The van der Waals surface area contributed by atoms with E-state index in [0.29, 0.717) is 18.9 Å². The Hall–Kier alpha value is -2.03. The van der Waals surface area contributed by atoms with Crippen molar-refractivity contribution in [3.8, 4) is 5.75 Å². The average Bonchev–Trinajstić information content (AvgIpc) is 2.76. The average molecular weight is 405 g/mol. The topological polar surface area (TPSA) is 59.0 Å². The molecule has 2 aliphatic heterocycles. The molecule has 1 N–H and O–H groups in total. The minimum Gasteiger partial charge on any atom is -0.444 e. The molecular weight excluding hydrogens is 382 g/mol. The highest BCUT2D eigenvalue weighted by Crippen LogP contribution is 2.47. The Morgan fingerprint density at radius 3 is 2.21 bits per heavy atom. The van der Waals surface area contributed by atoms with Gasteiger partial charge in [0.2, 0.25) is 0 Å². The normalized spacial score (nSPS) is 27.6. The number of carbonyl (C=O) groups excluding carboxylic acids is 1. The quantitative estimate of drug-likeness (QED) is 0.738. The standard InChI is InChI=1S/C19H23F4NO4/c1-17(2,3)28-16(25)24-11-4-5-12(24)10-18(26,9-11)14-7-6-13(8-15(14)20)27-19(21,22)23/h6-8,11-12,26H,4-5,9-10H2,1-3H3. The van der Waals surface area contributed by atoms with Crippen molar-refractivity contribution >= 4 is 6.09 Å². The van der Waals surface area contributed by atoms with Crippen LogP contribution in [0, 0.1) is 5.82 Å². The predicted octanol–water partition coefficient (Wildman–Crippen LogP) is 4.47. The maximum atomic E-state index is 14.5. The van der Waals surface area contributed by atoms with Gasteiger partial charge >= 0.3 is 12.5 Å². The Bertz CT molecular complexity index is 745. The number of hydrogen-bond acceptors (Lipinski definition) is 4. The third-order valence-corrected chi connectivity index (χ3v) is 5.05. The number of piperidine rings is 1. The number of carbonyl (C=O) groups is 1. The molecule has 0 aromatic heterocycles. The van der Waals surface area contributed by atoms with Crippen molar-refractivity contribution in [3.63, 3.8) is 0 Å². The van der Waals surface area contributed by atoms with Gasteiger partial charge < -0.3 is 19.5 Å². The number of fused-ring (bicyclic) bond motifs is 2. The number of nitrogens with zero attached hydrogens (tertiary/aromatic N) is 1. The fourth-order valence-corrected chi connectivity index (χ4v) is 4.13. The highest BCUT2D eigenvalue weighted by Gasteiger charge is 2.51. The van der Waals surface area contributed by atoms with Crippen LogP contribution in [-0.4, -0.2) is 40.1 Å². The zero-order valence-corrected chi connectivity index (χ0v) is 15.8. The van der Waals surface area contributed by atoms with Gasteiger partial charge in [-0.1, -0.05) is 0 Å². The summed E-state index contributed by atoms with van der Waals surface area (Å²) in [6, 6.07) is 2.04. The number of rotatable bonds is 2. The number of ether oxygens (including phenoxy) is 2. The summed E-state index contributed by atoms with van der Waals surface area (Å²) < 4.78 is 60.6. The van der Waals surface area contributed by atoms with Crippen molar-refractivity contribution in [1.82, 2.24) is 4.90 Å². The lowest BCUT2D eigenvalue weighted by Gasteiger charge is -2.44. The smallest absolute Gasteiger partial charge is 0.444 e. The number of hydrogen-bond donors (Lipinski definition) is 1. The first-order chi connectivity index (χ1) is 12.8. The van der Waals surface area contributed by atoms with Gasteiger partial charge in [0.05, 0.1) is 5.60 Å². The van der Waals surface area contributed by atoms with E-state index in [1.165, 1.54) is 0 Å². The maximum Gasteiger partial charge on any atom is 0.573 e. The van der Waals surface area contributed by atoms with Crippen LogP contribution in [0.25, 0.3) is 0 Å². The minimum atomic E-state index is -4.93. The number of benzene rings is 1. The second-order valence-electron chi connectivity index (χ2n) is 8.40. The molecule has 28 heavy (non-hydrogen) atoms. The van der Waals surface area contributed by atoms with Crippen molar-refractivity contribution < 1.29 is 36.9 Å². The van der Waals surface area contributed by atoms with E-state index in [1.807, 2.05) is 0 Å². The van der Waals surface area contributed by atoms with Crippen LogP contribution in [0.4, 0.5) is 22.4 Å². The van der Waals surface area contributed by atoms with Crippen molar-refractivity contribution in [2.24, 2.45) is 0 Å². The third kappa shape index (κ3) is 4.34. The van der Waals surface area contributed by atoms with Gasteiger partial charge in [-0.15, -0.1) is 13.2 Å². The zero-order valence-electron chi connectivity index (χ0n) is 15.8. The van der Waals surface area contributed by atoms with E-state index in [4.69, 9.17) is 4.74 Å². The van der Waals surface area contributed by atoms with Crippen molar-refractivity contribution in [1.29, 1.82) is 0 Å². The first-order valence-electron chi connectivity index (χ1n) is 9.07. The van der Waals surface area contributed by atoms with Crippen LogP contribution in [0.5, 0.6) is 5.75 Å². The summed E-state index contributed by atoms with van der Waals surface area (Å²) in [7, 11) is 0. The molecule has 2 bridgehead atoms. The van der Waals surface area contributed by atoms with Gasteiger partial charge in [0.1, 0.15) is 17.2 Å². The molecule has 2 atom stereocenters. The summed E-state index contributed by atoms with van der Waals surface area (Å²) >= 11 is 0. The Morgan fingerprint density at radius 1 is 1.18 bits per heavy atom. The Kier molecular flexibility index (Phi) is 5.02. The molecular formula is C19H23F4NO4.